The van der Waals surface area contributed by atoms with E-state index in [1.54, 1.807) is 10.9 Å². The molecule has 0 saturated heterocycles. The lowest BCUT2D eigenvalue weighted by Crippen LogP contribution is -2.07. The van der Waals surface area contributed by atoms with Crippen LogP contribution < -0.4 is 5.73 Å². The van der Waals surface area contributed by atoms with Crippen molar-refractivity contribution >= 4 is 16.7 Å². The standard InChI is InChI=1S/C5H10N4OS/c1-11(10)3-2-9-4-7-5(6)8-9/h4H,2-3H2,1H3,(H2,6,8). The van der Waals surface area contributed by atoms with E-state index < -0.39 is 10.8 Å². The molecule has 0 saturated carbocycles. The number of nitrogens with zero attached hydrogens (tertiary/aromatic N) is 3. The van der Waals surface area contributed by atoms with Crippen molar-refractivity contribution < 1.29 is 4.21 Å². The minimum atomic E-state index is -0.786. The van der Waals surface area contributed by atoms with Crippen LogP contribution in [0.1, 0.15) is 0 Å². The van der Waals surface area contributed by atoms with Gasteiger partial charge < -0.3 is 5.73 Å². The summed E-state index contributed by atoms with van der Waals surface area (Å²) in [5.74, 6) is 0.842. The van der Waals surface area contributed by atoms with Crippen molar-refractivity contribution in [1.29, 1.82) is 0 Å². The van der Waals surface area contributed by atoms with Crippen molar-refractivity contribution in [1.82, 2.24) is 14.8 Å². The summed E-state index contributed by atoms with van der Waals surface area (Å²) in [6.07, 6.45) is 3.18. The van der Waals surface area contributed by atoms with Crippen molar-refractivity contribution in [3.8, 4) is 0 Å². The predicted molar refractivity (Wildman–Crippen MR) is 43.4 cm³/mol. The zero-order valence-electron chi connectivity index (χ0n) is 6.23. The molecule has 0 spiro atoms. The maximum atomic E-state index is 10.6. The Kier molecular flexibility index (Phi) is 2.58. The van der Waals surface area contributed by atoms with E-state index in [2.05, 4.69) is 10.1 Å². The van der Waals surface area contributed by atoms with Gasteiger partial charge in [0.15, 0.2) is 0 Å². The fraction of sp³-hybridized carbons (Fsp3) is 0.600. The van der Waals surface area contributed by atoms with Crippen LogP contribution in [0.3, 0.4) is 0 Å². The molecule has 6 heteroatoms. The van der Waals surface area contributed by atoms with Gasteiger partial charge >= 0.3 is 0 Å². The highest BCUT2D eigenvalue weighted by Gasteiger charge is 1.96. The van der Waals surface area contributed by atoms with Gasteiger partial charge in [0.1, 0.15) is 6.33 Å². The molecule has 62 valence electrons. The maximum Gasteiger partial charge on any atom is 0.239 e. The largest absolute Gasteiger partial charge is 0.367 e. The quantitative estimate of drug-likeness (QED) is 0.653. The SMILES string of the molecule is CS(=O)CCn1cnc(N)n1. The summed E-state index contributed by atoms with van der Waals surface area (Å²) in [4.78, 5) is 3.73. The summed E-state index contributed by atoms with van der Waals surface area (Å²) in [7, 11) is -0.786. The minimum Gasteiger partial charge on any atom is -0.367 e. The normalized spacial score (nSPS) is 13.2. The molecular weight excluding hydrogens is 164 g/mol. The van der Waals surface area contributed by atoms with Crippen LogP contribution in [-0.2, 0) is 17.3 Å². The van der Waals surface area contributed by atoms with Crippen molar-refractivity contribution in [2.75, 3.05) is 17.7 Å². The van der Waals surface area contributed by atoms with Crippen LogP contribution in [-0.4, -0.2) is 31.0 Å². The number of nitrogens with two attached hydrogens (primary N) is 1. The van der Waals surface area contributed by atoms with Gasteiger partial charge in [0.05, 0.1) is 6.54 Å². The molecule has 1 rings (SSSR count). The van der Waals surface area contributed by atoms with Gasteiger partial charge in [-0.1, -0.05) is 0 Å². The Bertz CT molecular complexity index is 259. The summed E-state index contributed by atoms with van der Waals surface area (Å²) < 4.78 is 12.2. The summed E-state index contributed by atoms with van der Waals surface area (Å²) >= 11 is 0. The molecule has 0 amide bonds. The molecule has 0 bridgehead atoms. The van der Waals surface area contributed by atoms with Gasteiger partial charge in [-0.25, -0.2) is 9.67 Å². The second-order valence-electron chi connectivity index (χ2n) is 2.14. The van der Waals surface area contributed by atoms with Gasteiger partial charge in [0, 0.05) is 22.8 Å². The summed E-state index contributed by atoms with van der Waals surface area (Å²) in [5, 5.41) is 3.83. The monoisotopic (exact) mass is 174 g/mol. The molecular formula is C5H10N4OS. The smallest absolute Gasteiger partial charge is 0.239 e. The average molecular weight is 174 g/mol. The number of anilines is 1. The first-order valence-corrected chi connectivity index (χ1v) is 4.86. The molecule has 0 radical (unpaired) electrons. The molecule has 0 fully saturated rings. The lowest BCUT2D eigenvalue weighted by molar-refractivity contribution is 0.646. The molecule has 11 heavy (non-hydrogen) atoms. The molecule has 0 aliphatic rings. The number of nitrogen functional groups attached to an aromatic ring is 1. The Labute approximate surface area is 67.1 Å². The first-order chi connectivity index (χ1) is 5.18. The number of aromatic nitrogens is 3. The third-order valence-corrected chi connectivity index (χ3v) is 1.92. The first-order valence-electron chi connectivity index (χ1n) is 3.13. The summed E-state index contributed by atoms with van der Waals surface area (Å²) in [6, 6.07) is 0. The molecule has 1 atom stereocenters. The number of hydrogen-bond acceptors (Lipinski definition) is 4. The van der Waals surface area contributed by atoms with Crippen molar-refractivity contribution in [3.05, 3.63) is 6.33 Å². The van der Waals surface area contributed by atoms with Crippen LogP contribution in [0.2, 0.25) is 0 Å². The minimum absolute atomic E-state index is 0.256. The fourth-order valence-electron chi connectivity index (χ4n) is 0.639. The van der Waals surface area contributed by atoms with Crippen molar-refractivity contribution in [3.63, 3.8) is 0 Å². The molecule has 1 unspecified atom stereocenters. The van der Waals surface area contributed by atoms with Gasteiger partial charge in [-0.3, -0.25) is 4.21 Å². The zero-order chi connectivity index (χ0) is 8.27. The lowest BCUT2D eigenvalue weighted by atomic mass is 10.8. The van der Waals surface area contributed by atoms with Gasteiger partial charge in [-0.2, -0.15) is 0 Å². The van der Waals surface area contributed by atoms with Crippen molar-refractivity contribution in [2.24, 2.45) is 0 Å². The maximum absolute atomic E-state index is 10.6. The summed E-state index contributed by atoms with van der Waals surface area (Å²) in [5.41, 5.74) is 5.27. The first kappa shape index (κ1) is 8.19. The molecule has 0 aromatic carbocycles. The number of rotatable bonds is 3. The van der Waals surface area contributed by atoms with Gasteiger partial charge in [0.2, 0.25) is 5.95 Å². The van der Waals surface area contributed by atoms with E-state index in [1.165, 1.54) is 6.33 Å². The Morgan fingerprint density at radius 3 is 3.00 bits per heavy atom. The van der Waals surface area contributed by atoms with Gasteiger partial charge in [-0.05, 0) is 0 Å². The molecule has 0 aliphatic heterocycles. The van der Waals surface area contributed by atoms with E-state index in [0.717, 1.165) is 0 Å². The highest BCUT2D eigenvalue weighted by molar-refractivity contribution is 7.84. The van der Waals surface area contributed by atoms with E-state index >= 15 is 0 Å². The fourth-order valence-corrected chi connectivity index (χ4v) is 1.08. The highest BCUT2D eigenvalue weighted by atomic mass is 32.2. The highest BCUT2D eigenvalue weighted by Crippen LogP contribution is 1.89. The number of hydrogen-bond donors (Lipinski definition) is 1. The Morgan fingerprint density at radius 1 is 1.82 bits per heavy atom. The third-order valence-electron chi connectivity index (χ3n) is 1.16. The molecule has 1 aromatic heterocycles. The molecule has 0 aliphatic carbocycles. The molecule has 1 heterocycles. The van der Waals surface area contributed by atoms with E-state index in [9.17, 15) is 4.21 Å². The van der Waals surface area contributed by atoms with Crippen LogP contribution in [0, 0.1) is 0 Å². The van der Waals surface area contributed by atoms with Crippen LogP contribution in [0.15, 0.2) is 6.33 Å². The Balaban J connectivity index is 2.45. The third kappa shape index (κ3) is 2.67. The summed E-state index contributed by atoms with van der Waals surface area (Å²) in [6.45, 7) is 0.604. The second-order valence-corrected chi connectivity index (χ2v) is 3.70. The molecule has 5 nitrogen and oxygen atoms in total. The van der Waals surface area contributed by atoms with E-state index in [0.29, 0.717) is 12.3 Å². The zero-order valence-corrected chi connectivity index (χ0v) is 7.04. The van der Waals surface area contributed by atoms with Crippen LogP contribution >= 0.6 is 0 Å². The predicted octanol–water partition coefficient (Wildman–Crippen LogP) is -0.761. The Morgan fingerprint density at radius 2 is 2.55 bits per heavy atom. The number of aryl methyl sites for hydroxylation is 1. The van der Waals surface area contributed by atoms with Gasteiger partial charge in [0.25, 0.3) is 0 Å². The molecule has 1 aromatic rings. The van der Waals surface area contributed by atoms with Crippen LogP contribution in [0.25, 0.3) is 0 Å². The van der Waals surface area contributed by atoms with E-state index in [-0.39, 0.29) is 5.95 Å². The van der Waals surface area contributed by atoms with E-state index in [4.69, 9.17) is 5.73 Å². The molecule has 2 N–H and O–H groups in total. The van der Waals surface area contributed by atoms with Crippen LogP contribution in [0.4, 0.5) is 5.95 Å². The van der Waals surface area contributed by atoms with Crippen molar-refractivity contribution in [2.45, 2.75) is 6.54 Å². The second kappa shape index (κ2) is 3.47. The van der Waals surface area contributed by atoms with Gasteiger partial charge in [-0.15, -0.1) is 5.10 Å². The topological polar surface area (TPSA) is 73.8 Å². The Hall–Kier alpha value is -0.910. The average Bonchev–Trinajstić information content (AvgIpc) is 2.31. The van der Waals surface area contributed by atoms with Crippen LogP contribution in [0.5, 0.6) is 0 Å². The lowest BCUT2D eigenvalue weighted by Gasteiger charge is -1.95. The van der Waals surface area contributed by atoms with E-state index in [1.807, 2.05) is 0 Å².